The van der Waals surface area contributed by atoms with E-state index < -0.39 is 5.60 Å². The molecule has 0 aromatic heterocycles. The summed E-state index contributed by atoms with van der Waals surface area (Å²) in [5.74, 6) is 0.740. The summed E-state index contributed by atoms with van der Waals surface area (Å²) in [4.78, 5) is 16.0. The summed E-state index contributed by atoms with van der Waals surface area (Å²) in [6, 6.07) is 5.67. The van der Waals surface area contributed by atoms with Gasteiger partial charge >= 0.3 is 6.09 Å². The number of hydrogen-bond acceptors (Lipinski definition) is 5. The highest BCUT2D eigenvalue weighted by Crippen LogP contribution is 2.26. The first-order valence-electron chi connectivity index (χ1n) is 7.46. The van der Waals surface area contributed by atoms with Gasteiger partial charge in [0.2, 0.25) is 0 Å². The highest BCUT2D eigenvalue weighted by atomic mass is 16.6. The zero-order valence-corrected chi connectivity index (χ0v) is 13.8. The maximum atomic E-state index is 12.1. The number of amides is 1. The predicted octanol–water partition coefficient (Wildman–Crippen LogP) is 2.33. The quantitative estimate of drug-likeness (QED) is 0.849. The van der Waals surface area contributed by atoms with Crippen molar-refractivity contribution in [2.75, 3.05) is 43.9 Å². The van der Waals surface area contributed by atoms with Gasteiger partial charge in [0.1, 0.15) is 11.4 Å². The number of rotatable bonds is 2. The van der Waals surface area contributed by atoms with Crippen LogP contribution < -0.4 is 15.4 Å². The molecule has 6 nitrogen and oxygen atoms in total. The second-order valence-corrected chi connectivity index (χ2v) is 6.42. The molecule has 0 radical (unpaired) electrons. The van der Waals surface area contributed by atoms with E-state index in [1.807, 2.05) is 32.9 Å². The van der Waals surface area contributed by atoms with Crippen LogP contribution in [0.1, 0.15) is 20.8 Å². The lowest BCUT2D eigenvalue weighted by Gasteiger charge is -2.36. The molecular formula is C16H25N3O3. The van der Waals surface area contributed by atoms with Crippen LogP contribution in [0.3, 0.4) is 0 Å². The van der Waals surface area contributed by atoms with Crippen molar-refractivity contribution in [1.82, 2.24) is 4.90 Å². The Bertz CT molecular complexity index is 532. The average Bonchev–Trinajstić information content (AvgIpc) is 2.45. The zero-order chi connectivity index (χ0) is 16.3. The lowest BCUT2D eigenvalue weighted by Crippen LogP contribution is -2.50. The normalized spacial score (nSPS) is 15.6. The fraction of sp³-hybridized carbons (Fsp3) is 0.562. The maximum absolute atomic E-state index is 12.1. The van der Waals surface area contributed by atoms with Crippen LogP contribution in [0.15, 0.2) is 18.2 Å². The molecule has 1 saturated heterocycles. The molecular weight excluding hydrogens is 282 g/mol. The number of ether oxygens (including phenoxy) is 2. The Balaban J connectivity index is 1.97. The predicted molar refractivity (Wildman–Crippen MR) is 87.4 cm³/mol. The smallest absolute Gasteiger partial charge is 0.410 e. The van der Waals surface area contributed by atoms with E-state index in [0.29, 0.717) is 18.8 Å². The third kappa shape index (κ3) is 4.19. The molecule has 1 aromatic rings. The van der Waals surface area contributed by atoms with Gasteiger partial charge in [0.15, 0.2) is 0 Å². The number of piperazine rings is 1. The number of methoxy groups -OCH3 is 1. The number of hydrogen-bond donors (Lipinski definition) is 1. The van der Waals surface area contributed by atoms with Crippen LogP contribution in [-0.2, 0) is 4.74 Å². The number of anilines is 2. The number of carbonyl (C=O) groups excluding carboxylic acids is 1. The molecule has 2 rings (SSSR count). The second kappa shape index (κ2) is 6.34. The van der Waals surface area contributed by atoms with E-state index in [0.717, 1.165) is 24.5 Å². The second-order valence-electron chi connectivity index (χ2n) is 6.42. The monoisotopic (exact) mass is 307 g/mol. The molecule has 0 saturated carbocycles. The molecule has 0 atom stereocenters. The Hall–Kier alpha value is -2.11. The van der Waals surface area contributed by atoms with Crippen LogP contribution in [0.5, 0.6) is 5.75 Å². The van der Waals surface area contributed by atoms with Gasteiger partial charge in [0, 0.05) is 49.7 Å². The van der Waals surface area contributed by atoms with Crippen molar-refractivity contribution in [2.45, 2.75) is 26.4 Å². The van der Waals surface area contributed by atoms with Gasteiger partial charge < -0.3 is 25.0 Å². The van der Waals surface area contributed by atoms with E-state index in [-0.39, 0.29) is 6.09 Å². The minimum Gasteiger partial charge on any atom is -0.497 e. The first-order valence-corrected chi connectivity index (χ1v) is 7.46. The van der Waals surface area contributed by atoms with E-state index >= 15 is 0 Å². The fourth-order valence-electron chi connectivity index (χ4n) is 2.38. The Labute approximate surface area is 131 Å². The van der Waals surface area contributed by atoms with Crippen LogP contribution in [0.4, 0.5) is 16.2 Å². The van der Waals surface area contributed by atoms with E-state index in [2.05, 4.69) is 4.90 Å². The lowest BCUT2D eigenvalue weighted by molar-refractivity contribution is 0.0240. The summed E-state index contributed by atoms with van der Waals surface area (Å²) in [6.07, 6.45) is -0.252. The van der Waals surface area contributed by atoms with Gasteiger partial charge in [-0.2, -0.15) is 0 Å². The number of nitrogens with zero attached hydrogens (tertiary/aromatic N) is 2. The third-order valence-electron chi connectivity index (χ3n) is 3.45. The van der Waals surface area contributed by atoms with Gasteiger partial charge in [0.05, 0.1) is 7.11 Å². The van der Waals surface area contributed by atoms with Crippen molar-refractivity contribution in [1.29, 1.82) is 0 Å². The molecule has 0 aliphatic carbocycles. The van der Waals surface area contributed by atoms with Crippen LogP contribution in [0, 0.1) is 0 Å². The van der Waals surface area contributed by atoms with Crippen LogP contribution in [0.25, 0.3) is 0 Å². The first kappa shape index (κ1) is 16.3. The summed E-state index contributed by atoms with van der Waals surface area (Å²) in [6.45, 7) is 8.37. The molecule has 0 bridgehead atoms. The van der Waals surface area contributed by atoms with Crippen molar-refractivity contribution in [3.8, 4) is 5.75 Å². The molecule has 22 heavy (non-hydrogen) atoms. The third-order valence-corrected chi connectivity index (χ3v) is 3.45. The van der Waals surface area contributed by atoms with E-state index in [1.54, 1.807) is 18.1 Å². The summed E-state index contributed by atoms with van der Waals surface area (Å²) in [7, 11) is 1.62. The minimum absolute atomic E-state index is 0.252. The molecule has 1 fully saturated rings. The molecule has 0 spiro atoms. The molecule has 1 heterocycles. The Morgan fingerprint density at radius 1 is 1.14 bits per heavy atom. The van der Waals surface area contributed by atoms with Gasteiger partial charge in [-0.15, -0.1) is 0 Å². The number of nitrogen functional groups attached to an aromatic ring is 1. The molecule has 1 aliphatic heterocycles. The zero-order valence-electron chi connectivity index (χ0n) is 13.8. The van der Waals surface area contributed by atoms with Crippen LogP contribution >= 0.6 is 0 Å². The highest BCUT2D eigenvalue weighted by molar-refractivity contribution is 5.69. The van der Waals surface area contributed by atoms with Gasteiger partial charge in [-0.3, -0.25) is 0 Å². The lowest BCUT2D eigenvalue weighted by atomic mass is 10.2. The Morgan fingerprint density at radius 3 is 2.32 bits per heavy atom. The molecule has 1 amide bonds. The molecule has 1 aliphatic rings. The fourth-order valence-corrected chi connectivity index (χ4v) is 2.38. The Morgan fingerprint density at radius 2 is 1.77 bits per heavy atom. The van der Waals surface area contributed by atoms with Crippen molar-refractivity contribution < 1.29 is 14.3 Å². The molecule has 6 heteroatoms. The van der Waals surface area contributed by atoms with Crippen LogP contribution in [-0.4, -0.2) is 49.9 Å². The van der Waals surface area contributed by atoms with Gasteiger partial charge in [-0.1, -0.05) is 0 Å². The largest absolute Gasteiger partial charge is 0.497 e. The van der Waals surface area contributed by atoms with Crippen molar-refractivity contribution in [3.05, 3.63) is 18.2 Å². The molecule has 0 unspecified atom stereocenters. The van der Waals surface area contributed by atoms with E-state index in [1.165, 1.54) is 0 Å². The number of benzene rings is 1. The molecule has 1 aromatic carbocycles. The maximum Gasteiger partial charge on any atom is 0.410 e. The van der Waals surface area contributed by atoms with E-state index in [4.69, 9.17) is 15.2 Å². The SMILES string of the molecule is COc1cc(N)cc(N2CCN(C(=O)OC(C)(C)C)CC2)c1. The minimum atomic E-state index is -0.463. The summed E-state index contributed by atoms with van der Waals surface area (Å²) >= 11 is 0. The van der Waals surface area contributed by atoms with Crippen molar-refractivity contribution in [2.24, 2.45) is 0 Å². The van der Waals surface area contributed by atoms with Crippen molar-refractivity contribution >= 4 is 17.5 Å². The van der Waals surface area contributed by atoms with Gasteiger partial charge in [-0.25, -0.2) is 4.79 Å². The van der Waals surface area contributed by atoms with Gasteiger partial charge in [0.25, 0.3) is 0 Å². The standard InChI is InChI=1S/C16H25N3O3/c1-16(2,3)22-15(20)19-7-5-18(6-8-19)13-9-12(17)10-14(11-13)21-4/h9-11H,5-8,17H2,1-4H3. The number of nitrogens with two attached hydrogens (primary N) is 1. The van der Waals surface area contributed by atoms with E-state index in [9.17, 15) is 4.79 Å². The number of carbonyl (C=O) groups is 1. The average molecular weight is 307 g/mol. The summed E-state index contributed by atoms with van der Waals surface area (Å²) < 4.78 is 10.7. The molecule has 122 valence electrons. The van der Waals surface area contributed by atoms with Crippen LogP contribution in [0.2, 0.25) is 0 Å². The summed E-state index contributed by atoms with van der Waals surface area (Å²) in [5, 5.41) is 0. The topological polar surface area (TPSA) is 68.0 Å². The van der Waals surface area contributed by atoms with Gasteiger partial charge in [-0.05, 0) is 26.8 Å². The van der Waals surface area contributed by atoms with Crippen molar-refractivity contribution in [3.63, 3.8) is 0 Å². The summed E-state index contributed by atoms with van der Waals surface area (Å²) in [5.41, 5.74) is 7.12. The molecule has 2 N–H and O–H groups in total. The Kier molecular flexibility index (Phi) is 4.68. The highest BCUT2D eigenvalue weighted by Gasteiger charge is 2.26. The first-order chi connectivity index (χ1) is 10.3.